The molecule has 0 bridgehead atoms. The summed E-state index contributed by atoms with van der Waals surface area (Å²) in [6, 6.07) is 5.79. The Balaban J connectivity index is 2.90. The predicted molar refractivity (Wildman–Crippen MR) is 68.6 cm³/mol. The van der Waals surface area contributed by atoms with Gasteiger partial charge in [-0.15, -0.1) is 0 Å². The number of hydrogen-bond donors (Lipinski definition) is 1. The van der Waals surface area contributed by atoms with Crippen molar-refractivity contribution in [2.75, 3.05) is 0 Å². The SMILES string of the molecule is CCCCC(C#N)(C#N)Cc1cc(C(C)(C)O)on1. The van der Waals surface area contributed by atoms with E-state index in [1.165, 1.54) is 0 Å². The summed E-state index contributed by atoms with van der Waals surface area (Å²) in [5, 5.41) is 32.1. The Labute approximate surface area is 113 Å². The van der Waals surface area contributed by atoms with Crippen molar-refractivity contribution in [2.45, 2.75) is 52.1 Å². The Bertz CT molecular complexity index is 486. The zero-order valence-corrected chi connectivity index (χ0v) is 11.6. The summed E-state index contributed by atoms with van der Waals surface area (Å²) in [6.45, 7) is 5.20. The second-order valence-electron chi connectivity index (χ2n) is 5.33. The maximum atomic E-state index is 9.79. The number of aromatic nitrogens is 1. The van der Waals surface area contributed by atoms with Crippen LogP contribution in [0.5, 0.6) is 0 Å². The van der Waals surface area contributed by atoms with Crippen LogP contribution in [0, 0.1) is 28.1 Å². The van der Waals surface area contributed by atoms with Crippen molar-refractivity contribution >= 4 is 0 Å². The third kappa shape index (κ3) is 3.81. The van der Waals surface area contributed by atoms with E-state index in [4.69, 9.17) is 4.52 Å². The Kier molecular flexibility index (Phi) is 4.69. The standard InChI is InChI=1S/C14H19N3O2/c1-4-5-6-14(9-15,10-16)8-11-7-12(19-17-11)13(2,3)18/h7,18H,4-6,8H2,1-3H3. The third-order valence-electron chi connectivity index (χ3n) is 3.03. The van der Waals surface area contributed by atoms with Crippen LogP contribution in [0.15, 0.2) is 10.6 Å². The number of unbranched alkanes of at least 4 members (excludes halogenated alkanes) is 1. The highest BCUT2D eigenvalue weighted by Crippen LogP contribution is 2.29. The molecule has 0 aliphatic carbocycles. The van der Waals surface area contributed by atoms with Crippen LogP contribution >= 0.6 is 0 Å². The van der Waals surface area contributed by atoms with Gasteiger partial charge in [0.1, 0.15) is 11.0 Å². The molecule has 0 aliphatic heterocycles. The van der Waals surface area contributed by atoms with E-state index >= 15 is 0 Å². The van der Waals surface area contributed by atoms with Gasteiger partial charge in [-0.25, -0.2) is 0 Å². The summed E-state index contributed by atoms with van der Waals surface area (Å²) in [7, 11) is 0. The highest BCUT2D eigenvalue weighted by atomic mass is 16.5. The van der Waals surface area contributed by atoms with Gasteiger partial charge in [-0.05, 0) is 20.3 Å². The summed E-state index contributed by atoms with van der Waals surface area (Å²) in [5.74, 6) is 0.336. The zero-order valence-electron chi connectivity index (χ0n) is 11.6. The minimum absolute atomic E-state index is 0.222. The van der Waals surface area contributed by atoms with E-state index < -0.39 is 11.0 Å². The van der Waals surface area contributed by atoms with Gasteiger partial charge >= 0.3 is 0 Å². The Morgan fingerprint density at radius 1 is 1.37 bits per heavy atom. The lowest BCUT2D eigenvalue weighted by Gasteiger charge is -2.16. The molecule has 5 heteroatoms. The first-order chi connectivity index (χ1) is 8.87. The average Bonchev–Trinajstić information content (AvgIpc) is 2.83. The molecule has 0 atom stereocenters. The molecular weight excluding hydrogens is 242 g/mol. The molecule has 5 nitrogen and oxygen atoms in total. The van der Waals surface area contributed by atoms with Crippen LogP contribution in [-0.4, -0.2) is 10.3 Å². The summed E-state index contributed by atoms with van der Waals surface area (Å²) in [4.78, 5) is 0. The smallest absolute Gasteiger partial charge is 0.167 e. The lowest BCUT2D eigenvalue weighted by atomic mass is 9.81. The van der Waals surface area contributed by atoms with Crippen molar-refractivity contribution < 1.29 is 9.63 Å². The average molecular weight is 261 g/mol. The van der Waals surface area contributed by atoms with E-state index in [1.54, 1.807) is 19.9 Å². The van der Waals surface area contributed by atoms with E-state index in [-0.39, 0.29) is 6.42 Å². The van der Waals surface area contributed by atoms with Crippen LogP contribution in [0.3, 0.4) is 0 Å². The molecule has 1 aromatic rings. The normalized spacial score (nSPS) is 11.9. The molecule has 0 aliphatic rings. The summed E-state index contributed by atoms with van der Waals surface area (Å²) in [5.41, 5.74) is -1.66. The molecule has 0 saturated heterocycles. The monoisotopic (exact) mass is 261 g/mol. The van der Waals surface area contributed by atoms with Crippen molar-refractivity contribution in [1.82, 2.24) is 5.16 Å². The van der Waals surface area contributed by atoms with Gasteiger partial charge in [0.2, 0.25) is 0 Å². The van der Waals surface area contributed by atoms with Gasteiger partial charge in [0.05, 0.1) is 17.8 Å². The maximum Gasteiger partial charge on any atom is 0.167 e. The van der Waals surface area contributed by atoms with Gasteiger partial charge in [0.15, 0.2) is 5.76 Å². The lowest BCUT2D eigenvalue weighted by molar-refractivity contribution is 0.0474. The Hall–Kier alpha value is -1.85. The van der Waals surface area contributed by atoms with Gasteiger partial charge in [0.25, 0.3) is 0 Å². The summed E-state index contributed by atoms with van der Waals surface area (Å²) in [6.07, 6.45) is 2.48. The number of nitrogens with zero attached hydrogens (tertiary/aromatic N) is 3. The third-order valence-corrected chi connectivity index (χ3v) is 3.03. The zero-order chi connectivity index (χ0) is 14.5. The molecule has 0 unspecified atom stereocenters. The van der Waals surface area contributed by atoms with Gasteiger partial charge in [-0.3, -0.25) is 0 Å². The second kappa shape index (κ2) is 5.86. The molecule has 0 fully saturated rings. The number of hydrogen-bond acceptors (Lipinski definition) is 5. The molecule has 0 aromatic carbocycles. The Morgan fingerprint density at radius 3 is 2.42 bits per heavy atom. The van der Waals surface area contributed by atoms with Crippen molar-refractivity contribution in [3.63, 3.8) is 0 Å². The largest absolute Gasteiger partial charge is 0.382 e. The topological polar surface area (TPSA) is 93.8 Å². The highest BCUT2D eigenvalue weighted by Gasteiger charge is 2.32. The first kappa shape index (κ1) is 15.2. The Morgan fingerprint density at radius 2 is 2.00 bits per heavy atom. The van der Waals surface area contributed by atoms with E-state index in [9.17, 15) is 15.6 Å². The second-order valence-corrected chi connectivity index (χ2v) is 5.33. The summed E-state index contributed by atoms with van der Waals surface area (Å²) >= 11 is 0. The fourth-order valence-electron chi connectivity index (χ4n) is 1.78. The van der Waals surface area contributed by atoms with Crippen molar-refractivity contribution in [3.8, 4) is 12.1 Å². The van der Waals surface area contributed by atoms with Crippen LogP contribution in [-0.2, 0) is 12.0 Å². The number of rotatable bonds is 6. The fourth-order valence-corrected chi connectivity index (χ4v) is 1.78. The molecule has 19 heavy (non-hydrogen) atoms. The van der Waals surface area contributed by atoms with E-state index in [1.807, 2.05) is 6.92 Å². The molecule has 0 amide bonds. The molecule has 1 N–H and O–H groups in total. The molecular formula is C14H19N3O2. The van der Waals surface area contributed by atoms with Crippen LogP contribution in [0.2, 0.25) is 0 Å². The minimum Gasteiger partial charge on any atom is -0.382 e. The minimum atomic E-state index is -1.11. The lowest BCUT2D eigenvalue weighted by Crippen LogP contribution is -2.20. The van der Waals surface area contributed by atoms with E-state index in [2.05, 4.69) is 17.3 Å². The van der Waals surface area contributed by atoms with Crippen LogP contribution in [0.1, 0.15) is 51.5 Å². The fraction of sp³-hybridized carbons (Fsp3) is 0.643. The number of aliphatic hydroxyl groups is 1. The van der Waals surface area contributed by atoms with Crippen LogP contribution in [0.4, 0.5) is 0 Å². The first-order valence-electron chi connectivity index (χ1n) is 6.38. The van der Waals surface area contributed by atoms with Crippen molar-refractivity contribution in [2.24, 2.45) is 5.41 Å². The summed E-state index contributed by atoms with van der Waals surface area (Å²) < 4.78 is 5.05. The first-order valence-corrected chi connectivity index (χ1v) is 6.38. The van der Waals surface area contributed by atoms with E-state index in [0.29, 0.717) is 17.9 Å². The van der Waals surface area contributed by atoms with Crippen molar-refractivity contribution in [1.29, 1.82) is 10.5 Å². The van der Waals surface area contributed by atoms with Gasteiger partial charge < -0.3 is 9.63 Å². The number of nitriles is 2. The molecule has 0 spiro atoms. The van der Waals surface area contributed by atoms with E-state index in [0.717, 1.165) is 12.8 Å². The van der Waals surface area contributed by atoms with Gasteiger partial charge in [-0.2, -0.15) is 10.5 Å². The maximum absolute atomic E-state index is 9.79. The molecule has 0 saturated carbocycles. The molecule has 0 radical (unpaired) electrons. The quantitative estimate of drug-likeness (QED) is 0.849. The molecule has 1 aromatic heterocycles. The van der Waals surface area contributed by atoms with Gasteiger partial charge in [-0.1, -0.05) is 24.9 Å². The van der Waals surface area contributed by atoms with Crippen LogP contribution in [0.25, 0.3) is 0 Å². The van der Waals surface area contributed by atoms with Crippen molar-refractivity contribution in [3.05, 3.63) is 17.5 Å². The van der Waals surface area contributed by atoms with Gasteiger partial charge in [0, 0.05) is 12.5 Å². The highest BCUT2D eigenvalue weighted by molar-refractivity contribution is 5.21. The predicted octanol–water partition coefficient (Wildman–Crippen LogP) is 2.67. The molecule has 102 valence electrons. The molecule has 1 rings (SSSR count). The van der Waals surface area contributed by atoms with Crippen LogP contribution < -0.4 is 0 Å². The molecule has 1 heterocycles.